The van der Waals surface area contributed by atoms with E-state index < -0.39 is 0 Å². The zero-order valence-corrected chi connectivity index (χ0v) is 8.68. The minimum Gasteiger partial charge on any atom is -0.380 e. The Morgan fingerprint density at radius 1 is 1.50 bits per heavy atom. The molecule has 0 spiro atoms. The minimum atomic E-state index is 0.445. The van der Waals surface area contributed by atoms with Crippen molar-refractivity contribution in [1.29, 1.82) is 0 Å². The molecule has 0 saturated heterocycles. The van der Waals surface area contributed by atoms with E-state index in [4.69, 9.17) is 4.74 Å². The van der Waals surface area contributed by atoms with Crippen LogP contribution in [0, 0.1) is 0 Å². The molecule has 0 amide bonds. The number of rotatable bonds is 6. The van der Waals surface area contributed by atoms with E-state index in [1.165, 1.54) is 5.57 Å². The van der Waals surface area contributed by atoms with Crippen LogP contribution in [0.5, 0.6) is 0 Å². The fourth-order valence-corrected chi connectivity index (χ4v) is 0.818. The third-order valence-electron chi connectivity index (χ3n) is 1.55. The summed E-state index contributed by atoms with van der Waals surface area (Å²) in [5, 5.41) is 3.35. The van der Waals surface area contributed by atoms with Gasteiger partial charge in [0.05, 0.1) is 6.61 Å². The van der Waals surface area contributed by atoms with Gasteiger partial charge in [-0.1, -0.05) is 11.6 Å². The van der Waals surface area contributed by atoms with Gasteiger partial charge in [-0.3, -0.25) is 0 Å². The molecule has 0 fully saturated rings. The van der Waals surface area contributed by atoms with Gasteiger partial charge in [0, 0.05) is 19.2 Å². The van der Waals surface area contributed by atoms with E-state index in [1.807, 2.05) is 6.92 Å². The number of nitrogens with one attached hydrogen (secondary N) is 1. The standard InChI is InChI=1S/C10H21NO/c1-5-12-8-10(4)11-7-6-9(2)3/h6,10-11H,5,7-8H2,1-4H3. The molecule has 0 bridgehead atoms. The second-order valence-electron chi connectivity index (χ2n) is 3.25. The second kappa shape index (κ2) is 7.32. The van der Waals surface area contributed by atoms with Crippen LogP contribution < -0.4 is 5.32 Å². The monoisotopic (exact) mass is 171 g/mol. The van der Waals surface area contributed by atoms with Gasteiger partial charge in [0.2, 0.25) is 0 Å². The van der Waals surface area contributed by atoms with Crippen molar-refractivity contribution in [3.63, 3.8) is 0 Å². The van der Waals surface area contributed by atoms with Gasteiger partial charge < -0.3 is 10.1 Å². The molecule has 0 rings (SSSR count). The van der Waals surface area contributed by atoms with Crippen molar-refractivity contribution in [2.24, 2.45) is 0 Å². The number of hydrogen-bond acceptors (Lipinski definition) is 2. The maximum Gasteiger partial charge on any atom is 0.0616 e. The van der Waals surface area contributed by atoms with E-state index in [-0.39, 0.29) is 0 Å². The van der Waals surface area contributed by atoms with Crippen molar-refractivity contribution in [3.05, 3.63) is 11.6 Å². The molecular formula is C10H21NO. The topological polar surface area (TPSA) is 21.3 Å². The highest BCUT2D eigenvalue weighted by Gasteiger charge is 1.97. The van der Waals surface area contributed by atoms with Gasteiger partial charge in [-0.05, 0) is 27.7 Å². The third-order valence-corrected chi connectivity index (χ3v) is 1.55. The van der Waals surface area contributed by atoms with Crippen LogP contribution in [0.3, 0.4) is 0 Å². The predicted octanol–water partition coefficient (Wildman–Crippen LogP) is 1.97. The lowest BCUT2D eigenvalue weighted by molar-refractivity contribution is 0.128. The molecule has 1 atom stereocenters. The summed E-state index contributed by atoms with van der Waals surface area (Å²) >= 11 is 0. The SMILES string of the molecule is CCOCC(C)NCC=C(C)C. The molecule has 0 radical (unpaired) electrons. The number of hydrogen-bond donors (Lipinski definition) is 1. The first-order valence-electron chi connectivity index (χ1n) is 4.61. The van der Waals surface area contributed by atoms with E-state index in [0.717, 1.165) is 19.8 Å². The minimum absolute atomic E-state index is 0.445. The molecule has 0 heterocycles. The molecule has 0 aromatic carbocycles. The molecule has 0 aromatic rings. The molecular weight excluding hydrogens is 150 g/mol. The van der Waals surface area contributed by atoms with Crippen LogP contribution in [0.15, 0.2) is 11.6 Å². The Balaban J connectivity index is 3.31. The smallest absolute Gasteiger partial charge is 0.0616 e. The average molecular weight is 171 g/mol. The van der Waals surface area contributed by atoms with Gasteiger partial charge >= 0.3 is 0 Å². The Morgan fingerprint density at radius 2 is 2.17 bits per heavy atom. The first-order chi connectivity index (χ1) is 5.66. The summed E-state index contributed by atoms with van der Waals surface area (Å²) in [7, 11) is 0. The molecule has 2 nitrogen and oxygen atoms in total. The number of allylic oxidation sites excluding steroid dienone is 1. The van der Waals surface area contributed by atoms with Crippen molar-refractivity contribution >= 4 is 0 Å². The van der Waals surface area contributed by atoms with E-state index in [9.17, 15) is 0 Å². The summed E-state index contributed by atoms with van der Waals surface area (Å²) in [6.45, 7) is 10.9. The Bertz CT molecular complexity index is 128. The first-order valence-corrected chi connectivity index (χ1v) is 4.61. The average Bonchev–Trinajstić information content (AvgIpc) is 2.00. The molecule has 72 valence electrons. The van der Waals surface area contributed by atoms with Crippen LogP contribution in [-0.4, -0.2) is 25.8 Å². The molecule has 0 aliphatic carbocycles. The predicted molar refractivity (Wildman–Crippen MR) is 53.4 cm³/mol. The molecule has 0 saturated carbocycles. The van der Waals surface area contributed by atoms with E-state index in [0.29, 0.717) is 6.04 Å². The highest BCUT2D eigenvalue weighted by Crippen LogP contribution is 1.88. The summed E-state index contributed by atoms with van der Waals surface area (Å²) in [6.07, 6.45) is 2.18. The lowest BCUT2D eigenvalue weighted by Gasteiger charge is -2.11. The lowest BCUT2D eigenvalue weighted by atomic mass is 10.3. The Kier molecular flexibility index (Phi) is 7.11. The Labute approximate surface area is 76.0 Å². The Hall–Kier alpha value is -0.340. The third kappa shape index (κ3) is 7.76. The second-order valence-corrected chi connectivity index (χ2v) is 3.25. The molecule has 1 unspecified atom stereocenters. The van der Waals surface area contributed by atoms with Crippen molar-refractivity contribution in [3.8, 4) is 0 Å². The van der Waals surface area contributed by atoms with Gasteiger partial charge in [0.1, 0.15) is 0 Å². The van der Waals surface area contributed by atoms with Crippen LogP contribution in [0.1, 0.15) is 27.7 Å². The summed E-state index contributed by atoms with van der Waals surface area (Å²) < 4.78 is 5.27. The largest absolute Gasteiger partial charge is 0.380 e. The van der Waals surface area contributed by atoms with E-state index in [2.05, 4.69) is 32.2 Å². The molecule has 2 heteroatoms. The molecule has 1 N–H and O–H groups in total. The molecule has 0 aliphatic rings. The zero-order valence-electron chi connectivity index (χ0n) is 8.68. The van der Waals surface area contributed by atoms with Crippen molar-refractivity contribution in [2.45, 2.75) is 33.7 Å². The number of ether oxygens (including phenoxy) is 1. The van der Waals surface area contributed by atoms with Crippen LogP contribution >= 0.6 is 0 Å². The van der Waals surface area contributed by atoms with Crippen molar-refractivity contribution < 1.29 is 4.74 Å². The summed E-state index contributed by atoms with van der Waals surface area (Å²) in [4.78, 5) is 0. The van der Waals surface area contributed by atoms with Crippen LogP contribution in [0.4, 0.5) is 0 Å². The van der Waals surface area contributed by atoms with Crippen LogP contribution in [0.2, 0.25) is 0 Å². The molecule has 12 heavy (non-hydrogen) atoms. The maximum absolute atomic E-state index is 5.27. The summed E-state index contributed by atoms with van der Waals surface area (Å²) in [5.74, 6) is 0. The van der Waals surface area contributed by atoms with Crippen LogP contribution in [-0.2, 0) is 4.74 Å². The van der Waals surface area contributed by atoms with E-state index >= 15 is 0 Å². The molecule has 0 aliphatic heterocycles. The fraction of sp³-hybridized carbons (Fsp3) is 0.800. The normalized spacial score (nSPS) is 12.7. The van der Waals surface area contributed by atoms with Gasteiger partial charge in [-0.25, -0.2) is 0 Å². The zero-order chi connectivity index (χ0) is 9.40. The van der Waals surface area contributed by atoms with Gasteiger partial charge in [0.25, 0.3) is 0 Å². The summed E-state index contributed by atoms with van der Waals surface area (Å²) in [5.41, 5.74) is 1.35. The van der Waals surface area contributed by atoms with Crippen molar-refractivity contribution in [2.75, 3.05) is 19.8 Å². The van der Waals surface area contributed by atoms with E-state index in [1.54, 1.807) is 0 Å². The lowest BCUT2D eigenvalue weighted by Crippen LogP contribution is -2.30. The van der Waals surface area contributed by atoms with Gasteiger partial charge in [-0.2, -0.15) is 0 Å². The highest BCUT2D eigenvalue weighted by atomic mass is 16.5. The van der Waals surface area contributed by atoms with Gasteiger partial charge in [0.15, 0.2) is 0 Å². The quantitative estimate of drug-likeness (QED) is 0.617. The van der Waals surface area contributed by atoms with Crippen LogP contribution in [0.25, 0.3) is 0 Å². The first kappa shape index (κ1) is 11.7. The summed E-state index contributed by atoms with van der Waals surface area (Å²) in [6, 6.07) is 0.445. The molecule has 0 aromatic heterocycles. The van der Waals surface area contributed by atoms with Crippen molar-refractivity contribution in [1.82, 2.24) is 5.32 Å². The maximum atomic E-state index is 5.27. The Morgan fingerprint density at radius 3 is 2.67 bits per heavy atom. The van der Waals surface area contributed by atoms with Gasteiger partial charge in [-0.15, -0.1) is 0 Å². The fourth-order valence-electron chi connectivity index (χ4n) is 0.818. The highest BCUT2D eigenvalue weighted by molar-refractivity contribution is 4.94.